The standard InChI is InChI=1S/C16H17N3/c1-19-10-4-7-16-12-14(5-2-8-17)11-15(13-16)6-3-9-18/h11-13,19H,8-10,17-18H2,1H3. The molecule has 0 radical (unpaired) electrons. The number of nitrogens with one attached hydrogen (secondary N) is 1. The zero-order chi connectivity index (χ0) is 13.9. The van der Waals surface area contributed by atoms with Gasteiger partial charge in [-0.05, 0) is 25.2 Å². The molecule has 1 aromatic rings. The van der Waals surface area contributed by atoms with Crippen LogP contribution < -0.4 is 16.8 Å². The second-order valence-electron chi connectivity index (χ2n) is 3.64. The maximum Gasteiger partial charge on any atom is 0.0577 e. The molecule has 0 spiro atoms. The minimum Gasteiger partial charge on any atom is -0.320 e. The summed E-state index contributed by atoms with van der Waals surface area (Å²) in [5.74, 6) is 17.7. The maximum atomic E-state index is 5.38. The molecule has 19 heavy (non-hydrogen) atoms. The van der Waals surface area contributed by atoms with Gasteiger partial charge in [0, 0.05) is 16.7 Å². The molecule has 0 fully saturated rings. The minimum absolute atomic E-state index is 0.333. The van der Waals surface area contributed by atoms with E-state index in [-0.39, 0.29) is 0 Å². The van der Waals surface area contributed by atoms with E-state index in [9.17, 15) is 0 Å². The van der Waals surface area contributed by atoms with Crippen LogP contribution in [0.1, 0.15) is 16.7 Å². The fraction of sp³-hybridized carbons (Fsp3) is 0.250. The SMILES string of the molecule is CNCC#Cc1cc(C#CCN)cc(C#CCN)c1. The molecular formula is C16H17N3. The van der Waals surface area contributed by atoms with E-state index in [2.05, 4.69) is 40.8 Å². The van der Waals surface area contributed by atoms with Crippen LogP contribution >= 0.6 is 0 Å². The van der Waals surface area contributed by atoms with Crippen molar-refractivity contribution in [1.29, 1.82) is 0 Å². The molecule has 3 heteroatoms. The lowest BCUT2D eigenvalue weighted by Crippen LogP contribution is -2.04. The van der Waals surface area contributed by atoms with Crippen LogP contribution in [0.3, 0.4) is 0 Å². The highest BCUT2D eigenvalue weighted by molar-refractivity contribution is 5.51. The molecule has 0 bridgehead atoms. The van der Waals surface area contributed by atoms with Crippen molar-refractivity contribution < 1.29 is 0 Å². The van der Waals surface area contributed by atoms with Crippen LogP contribution in [-0.4, -0.2) is 26.7 Å². The van der Waals surface area contributed by atoms with Gasteiger partial charge in [0.25, 0.3) is 0 Å². The van der Waals surface area contributed by atoms with Gasteiger partial charge in [-0.1, -0.05) is 35.5 Å². The van der Waals surface area contributed by atoms with Crippen LogP contribution in [0.5, 0.6) is 0 Å². The summed E-state index contributed by atoms with van der Waals surface area (Å²) in [5.41, 5.74) is 13.4. The summed E-state index contributed by atoms with van der Waals surface area (Å²) in [6.07, 6.45) is 0. The molecule has 1 aromatic carbocycles. The lowest BCUT2D eigenvalue weighted by atomic mass is 10.1. The van der Waals surface area contributed by atoms with Gasteiger partial charge >= 0.3 is 0 Å². The minimum atomic E-state index is 0.333. The van der Waals surface area contributed by atoms with Gasteiger partial charge in [0.15, 0.2) is 0 Å². The van der Waals surface area contributed by atoms with Crippen molar-refractivity contribution in [3.8, 4) is 35.5 Å². The van der Waals surface area contributed by atoms with E-state index in [1.807, 2.05) is 25.2 Å². The van der Waals surface area contributed by atoms with E-state index in [4.69, 9.17) is 11.5 Å². The van der Waals surface area contributed by atoms with Gasteiger partial charge in [0.1, 0.15) is 0 Å². The van der Waals surface area contributed by atoms with Gasteiger partial charge in [-0.2, -0.15) is 0 Å². The largest absolute Gasteiger partial charge is 0.320 e. The summed E-state index contributed by atoms with van der Waals surface area (Å²) in [4.78, 5) is 0. The van der Waals surface area contributed by atoms with Gasteiger partial charge in [0.05, 0.1) is 19.6 Å². The Morgan fingerprint density at radius 3 is 1.63 bits per heavy atom. The molecule has 0 unspecified atom stereocenters. The lowest BCUT2D eigenvalue weighted by molar-refractivity contribution is 0.938. The van der Waals surface area contributed by atoms with E-state index >= 15 is 0 Å². The monoisotopic (exact) mass is 251 g/mol. The highest BCUT2D eigenvalue weighted by Crippen LogP contribution is 2.08. The highest BCUT2D eigenvalue weighted by Gasteiger charge is 1.95. The van der Waals surface area contributed by atoms with Crippen molar-refractivity contribution in [2.75, 3.05) is 26.7 Å². The third-order valence-electron chi connectivity index (χ3n) is 2.10. The second kappa shape index (κ2) is 8.81. The molecular weight excluding hydrogens is 234 g/mol. The molecule has 0 amide bonds. The first-order valence-electron chi connectivity index (χ1n) is 5.96. The van der Waals surface area contributed by atoms with Crippen molar-refractivity contribution in [3.63, 3.8) is 0 Å². The summed E-state index contributed by atoms with van der Waals surface area (Å²) in [6, 6.07) is 5.77. The molecule has 96 valence electrons. The van der Waals surface area contributed by atoms with Gasteiger partial charge in [-0.25, -0.2) is 0 Å². The van der Waals surface area contributed by atoms with Crippen LogP contribution in [0.15, 0.2) is 18.2 Å². The summed E-state index contributed by atoms with van der Waals surface area (Å²) >= 11 is 0. The molecule has 0 aliphatic carbocycles. The summed E-state index contributed by atoms with van der Waals surface area (Å²) < 4.78 is 0. The Labute approximate surface area is 114 Å². The predicted molar refractivity (Wildman–Crippen MR) is 79.1 cm³/mol. The fourth-order valence-electron chi connectivity index (χ4n) is 1.38. The average Bonchev–Trinajstić information content (AvgIpc) is 2.43. The number of hydrogen-bond donors (Lipinski definition) is 3. The van der Waals surface area contributed by atoms with E-state index in [0.29, 0.717) is 19.6 Å². The number of hydrogen-bond acceptors (Lipinski definition) is 3. The van der Waals surface area contributed by atoms with Crippen molar-refractivity contribution in [1.82, 2.24) is 5.32 Å². The van der Waals surface area contributed by atoms with E-state index < -0.39 is 0 Å². The van der Waals surface area contributed by atoms with Crippen molar-refractivity contribution >= 4 is 0 Å². The first-order valence-corrected chi connectivity index (χ1v) is 5.96. The van der Waals surface area contributed by atoms with E-state index in [1.165, 1.54) is 0 Å². The first kappa shape index (κ1) is 14.8. The number of nitrogens with two attached hydrogens (primary N) is 2. The Morgan fingerprint density at radius 1 is 0.842 bits per heavy atom. The Balaban J connectivity index is 3.13. The Morgan fingerprint density at radius 2 is 1.26 bits per heavy atom. The molecule has 5 N–H and O–H groups in total. The van der Waals surface area contributed by atoms with Gasteiger partial charge in [-0.15, -0.1) is 0 Å². The predicted octanol–water partition coefficient (Wildman–Crippen LogP) is -0.122. The molecule has 0 saturated heterocycles. The quantitative estimate of drug-likeness (QED) is 0.610. The zero-order valence-corrected chi connectivity index (χ0v) is 11.0. The summed E-state index contributed by atoms with van der Waals surface area (Å²) in [6.45, 7) is 1.31. The van der Waals surface area contributed by atoms with Crippen molar-refractivity contribution in [2.24, 2.45) is 11.5 Å². The molecule has 3 nitrogen and oxygen atoms in total. The van der Waals surface area contributed by atoms with Crippen LogP contribution in [-0.2, 0) is 0 Å². The second-order valence-corrected chi connectivity index (χ2v) is 3.64. The topological polar surface area (TPSA) is 64.1 Å². The smallest absolute Gasteiger partial charge is 0.0577 e. The Kier molecular flexibility index (Phi) is 6.88. The third-order valence-corrected chi connectivity index (χ3v) is 2.10. The molecule has 1 rings (SSSR count). The van der Waals surface area contributed by atoms with Gasteiger partial charge in [0.2, 0.25) is 0 Å². The average molecular weight is 251 g/mol. The van der Waals surface area contributed by atoms with Crippen LogP contribution in [0, 0.1) is 35.5 Å². The third kappa shape index (κ3) is 5.77. The molecule has 0 aliphatic rings. The normalized spacial score (nSPS) is 8.37. The Bertz CT molecular complexity index is 558. The lowest BCUT2D eigenvalue weighted by Gasteiger charge is -1.97. The molecule has 0 saturated carbocycles. The van der Waals surface area contributed by atoms with E-state index in [0.717, 1.165) is 16.7 Å². The highest BCUT2D eigenvalue weighted by atomic mass is 14.8. The maximum absolute atomic E-state index is 5.38. The van der Waals surface area contributed by atoms with Crippen LogP contribution in [0.2, 0.25) is 0 Å². The zero-order valence-electron chi connectivity index (χ0n) is 11.0. The van der Waals surface area contributed by atoms with Gasteiger partial charge < -0.3 is 16.8 Å². The Hall–Kier alpha value is -2.22. The van der Waals surface area contributed by atoms with Crippen molar-refractivity contribution in [3.05, 3.63) is 34.9 Å². The van der Waals surface area contributed by atoms with Crippen LogP contribution in [0.4, 0.5) is 0 Å². The van der Waals surface area contributed by atoms with Crippen LogP contribution in [0.25, 0.3) is 0 Å². The summed E-state index contributed by atoms with van der Waals surface area (Å²) in [7, 11) is 1.86. The molecule has 0 aromatic heterocycles. The molecule has 0 atom stereocenters. The van der Waals surface area contributed by atoms with Crippen molar-refractivity contribution in [2.45, 2.75) is 0 Å². The number of benzene rings is 1. The number of rotatable bonds is 1. The fourth-order valence-corrected chi connectivity index (χ4v) is 1.38. The summed E-state index contributed by atoms with van der Waals surface area (Å²) in [5, 5.41) is 2.97. The molecule has 0 heterocycles. The van der Waals surface area contributed by atoms with Gasteiger partial charge in [-0.3, -0.25) is 0 Å². The van der Waals surface area contributed by atoms with E-state index in [1.54, 1.807) is 0 Å². The molecule has 0 aliphatic heterocycles. The first-order chi connectivity index (χ1) is 9.30.